The van der Waals surface area contributed by atoms with Crippen molar-refractivity contribution in [1.29, 1.82) is 0 Å². The fourth-order valence-electron chi connectivity index (χ4n) is 1.85. The van der Waals surface area contributed by atoms with Crippen LogP contribution in [0.15, 0.2) is 42.5 Å². The standard InChI is InChI=1S/C16H17F2NO2/c1-2-20-12-8-6-11(7-9-12)14(19)10-21-15-5-3-4-13(17)16(15)18/h3-9,14H,2,10,19H2,1H3. The zero-order valence-corrected chi connectivity index (χ0v) is 11.7. The van der Waals surface area contributed by atoms with Gasteiger partial charge in [0.15, 0.2) is 11.6 Å². The van der Waals surface area contributed by atoms with Gasteiger partial charge in [-0.25, -0.2) is 4.39 Å². The van der Waals surface area contributed by atoms with Crippen molar-refractivity contribution in [2.75, 3.05) is 13.2 Å². The van der Waals surface area contributed by atoms with E-state index in [-0.39, 0.29) is 12.4 Å². The lowest BCUT2D eigenvalue weighted by Crippen LogP contribution is -2.19. The number of ether oxygens (including phenoxy) is 2. The molecule has 0 heterocycles. The molecule has 1 unspecified atom stereocenters. The van der Waals surface area contributed by atoms with Gasteiger partial charge >= 0.3 is 0 Å². The molecule has 0 spiro atoms. The minimum Gasteiger partial charge on any atom is -0.494 e. The molecule has 0 aromatic heterocycles. The van der Waals surface area contributed by atoms with Crippen molar-refractivity contribution in [1.82, 2.24) is 0 Å². The van der Waals surface area contributed by atoms with E-state index in [1.165, 1.54) is 12.1 Å². The number of benzene rings is 2. The van der Waals surface area contributed by atoms with E-state index >= 15 is 0 Å². The molecular weight excluding hydrogens is 276 g/mol. The van der Waals surface area contributed by atoms with Gasteiger partial charge in [0, 0.05) is 0 Å². The third-order valence-electron chi connectivity index (χ3n) is 2.95. The number of nitrogens with two attached hydrogens (primary N) is 1. The van der Waals surface area contributed by atoms with Gasteiger partial charge < -0.3 is 15.2 Å². The second-order valence-corrected chi connectivity index (χ2v) is 4.47. The monoisotopic (exact) mass is 293 g/mol. The Morgan fingerprint density at radius 2 is 1.76 bits per heavy atom. The first-order valence-electron chi connectivity index (χ1n) is 6.67. The molecule has 0 aliphatic carbocycles. The lowest BCUT2D eigenvalue weighted by molar-refractivity contribution is 0.272. The molecule has 0 aliphatic rings. The van der Waals surface area contributed by atoms with Gasteiger partial charge in [0.05, 0.1) is 12.6 Å². The Morgan fingerprint density at radius 1 is 1.05 bits per heavy atom. The van der Waals surface area contributed by atoms with E-state index in [2.05, 4.69) is 0 Å². The topological polar surface area (TPSA) is 44.5 Å². The van der Waals surface area contributed by atoms with Gasteiger partial charge in [0.25, 0.3) is 0 Å². The van der Waals surface area contributed by atoms with E-state index in [1.807, 2.05) is 31.2 Å². The van der Waals surface area contributed by atoms with E-state index in [0.717, 1.165) is 17.4 Å². The van der Waals surface area contributed by atoms with Gasteiger partial charge in [-0.1, -0.05) is 18.2 Å². The first-order valence-corrected chi connectivity index (χ1v) is 6.67. The van der Waals surface area contributed by atoms with Crippen LogP contribution in [0.2, 0.25) is 0 Å². The van der Waals surface area contributed by atoms with Crippen LogP contribution in [0.1, 0.15) is 18.5 Å². The van der Waals surface area contributed by atoms with Crippen LogP contribution in [0.4, 0.5) is 8.78 Å². The maximum Gasteiger partial charge on any atom is 0.200 e. The Kier molecular flexibility index (Phi) is 5.11. The molecule has 0 aliphatic heterocycles. The van der Waals surface area contributed by atoms with Crippen LogP contribution in [-0.2, 0) is 0 Å². The van der Waals surface area contributed by atoms with Crippen LogP contribution in [0, 0.1) is 11.6 Å². The van der Waals surface area contributed by atoms with E-state index in [9.17, 15) is 8.78 Å². The van der Waals surface area contributed by atoms with E-state index < -0.39 is 17.7 Å². The van der Waals surface area contributed by atoms with Crippen LogP contribution in [-0.4, -0.2) is 13.2 Å². The van der Waals surface area contributed by atoms with Gasteiger partial charge in [-0.05, 0) is 36.8 Å². The average molecular weight is 293 g/mol. The highest BCUT2D eigenvalue weighted by atomic mass is 19.2. The molecule has 2 aromatic rings. The van der Waals surface area contributed by atoms with Gasteiger partial charge in [0.2, 0.25) is 5.82 Å². The maximum absolute atomic E-state index is 13.4. The van der Waals surface area contributed by atoms with Crippen LogP contribution in [0.5, 0.6) is 11.5 Å². The number of hydrogen-bond donors (Lipinski definition) is 1. The molecule has 21 heavy (non-hydrogen) atoms. The second kappa shape index (κ2) is 7.04. The van der Waals surface area contributed by atoms with Crippen molar-refractivity contribution >= 4 is 0 Å². The Labute approximate surface area is 122 Å². The molecule has 0 saturated heterocycles. The zero-order valence-electron chi connectivity index (χ0n) is 11.7. The summed E-state index contributed by atoms with van der Waals surface area (Å²) >= 11 is 0. The quantitative estimate of drug-likeness (QED) is 0.887. The highest BCUT2D eigenvalue weighted by Gasteiger charge is 2.12. The van der Waals surface area contributed by atoms with Gasteiger partial charge in [-0.2, -0.15) is 4.39 Å². The Balaban J connectivity index is 1.98. The fourth-order valence-corrected chi connectivity index (χ4v) is 1.85. The lowest BCUT2D eigenvalue weighted by Gasteiger charge is -2.14. The molecule has 2 aromatic carbocycles. The van der Waals surface area contributed by atoms with Crippen LogP contribution < -0.4 is 15.2 Å². The molecule has 5 heteroatoms. The van der Waals surface area contributed by atoms with Crippen molar-refractivity contribution in [3.8, 4) is 11.5 Å². The summed E-state index contributed by atoms with van der Waals surface area (Å²) < 4.78 is 37.1. The average Bonchev–Trinajstić information content (AvgIpc) is 2.49. The van der Waals surface area contributed by atoms with Crippen molar-refractivity contribution < 1.29 is 18.3 Å². The first-order chi connectivity index (χ1) is 10.1. The highest BCUT2D eigenvalue weighted by molar-refractivity contribution is 5.30. The normalized spacial score (nSPS) is 12.0. The molecule has 0 fully saturated rings. The molecule has 3 nitrogen and oxygen atoms in total. The summed E-state index contributed by atoms with van der Waals surface area (Å²) in [7, 11) is 0. The number of hydrogen-bond acceptors (Lipinski definition) is 3. The van der Waals surface area contributed by atoms with Crippen LogP contribution in [0.3, 0.4) is 0 Å². The van der Waals surface area contributed by atoms with Crippen molar-refractivity contribution in [2.24, 2.45) is 5.73 Å². The summed E-state index contributed by atoms with van der Waals surface area (Å²) in [6, 6.07) is 10.6. The van der Waals surface area contributed by atoms with Crippen molar-refractivity contribution in [2.45, 2.75) is 13.0 Å². The fraction of sp³-hybridized carbons (Fsp3) is 0.250. The van der Waals surface area contributed by atoms with Crippen LogP contribution >= 0.6 is 0 Å². The Hall–Kier alpha value is -2.14. The zero-order chi connectivity index (χ0) is 15.2. The van der Waals surface area contributed by atoms with Gasteiger partial charge in [0.1, 0.15) is 12.4 Å². The molecule has 0 amide bonds. The smallest absolute Gasteiger partial charge is 0.200 e. The molecule has 2 N–H and O–H groups in total. The summed E-state index contributed by atoms with van der Waals surface area (Å²) in [4.78, 5) is 0. The molecule has 112 valence electrons. The summed E-state index contributed by atoms with van der Waals surface area (Å²) in [5, 5.41) is 0. The van der Waals surface area contributed by atoms with Crippen molar-refractivity contribution in [3.63, 3.8) is 0 Å². The molecule has 0 saturated carbocycles. The van der Waals surface area contributed by atoms with E-state index in [4.69, 9.17) is 15.2 Å². The number of halogens is 2. The molecule has 0 bridgehead atoms. The number of rotatable bonds is 6. The third kappa shape index (κ3) is 3.92. The first kappa shape index (κ1) is 15.3. The molecule has 1 atom stereocenters. The summed E-state index contributed by atoms with van der Waals surface area (Å²) in [5.74, 6) is -1.33. The summed E-state index contributed by atoms with van der Waals surface area (Å²) in [6.07, 6.45) is 0. The Morgan fingerprint density at radius 3 is 2.43 bits per heavy atom. The Bertz CT molecular complexity index is 587. The lowest BCUT2D eigenvalue weighted by atomic mass is 10.1. The minimum absolute atomic E-state index is 0.0500. The minimum atomic E-state index is -1.00. The van der Waals surface area contributed by atoms with Crippen LogP contribution in [0.25, 0.3) is 0 Å². The summed E-state index contributed by atoms with van der Waals surface area (Å²) in [6.45, 7) is 2.54. The molecule has 2 rings (SSSR count). The van der Waals surface area contributed by atoms with E-state index in [1.54, 1.807) is 0 Å². The predicted octanol–water partition coefficient (Wildman–Crippen LogP) is 3.44. The maximum atomic E-state index is 13.4. The molecule has 0 radical (unpaired) electrons. The third-order valence-corrected chi connectivity index (χ3v) is 2.95. The van der Waals surface area contributed by atoms with Gasteiger partial charge in [-0.15, -0.1) is 0 Å². The van der Waals surface area contributed by atoms with Crippen molar-refractivity contribution in [3.05, 3.63) is 59.7 Å². The van der Waals surface area contributed by atoms with E-state index in [0.29, 0.717) is 6.61 Å². The largest absolute Gasteiger partial charge is 0.494 e. The molecular formula is C16H17F2NO2. The second-order valence-electron chi connectivity index (χ2n) is 4.47. The SMILES string of the molecule is CCOc1ccc(C(N)COc2cccc(F)c2F)cc1. The summed E-state index contributed by atoms with van der Waals surface area (Å²) in [5.41, 5.74) is 6.80. The van der Waals surface area contributed by atoms with Gasteiger partial charge in [-0.3, -0.25) is 0 Å². The highest BCUT2D eigenvalue weighted by Crippen LogP contribution is 2.21. The predicted molar refractivity (Wildman–Crippen MR) is 76.4 cm³/mol.